The van der Waals surface area contributed by atoms with Crippen LogP contribution in [0.25, 0.3) is 11.2 Å². The van der Waals surface area contributed by atoms with Crippen molar-refractivity contribution in [2.24, 2.45) is 0 Å². The van der Waals surface area contributed by atoms with Gasteiger partial charge in [-0.3, -0.25) is 4.57 Å². The van der Waals surface area contributed by atoms with Gasteiger partial charge in [-0.05, 0) is 20.1 Å². The van der Waals surface area contributed by atoms with Gasteiger partial charge < -0.3 is 4.74 Å². The summed E-state index contributed by atoms with van der Waals surface area (Å²) in [6, 6.07) is 0. The molecule has 0 bridgehead atoms. The van der Waals surface area contributed by atoms with E-state index in [9.17, 15) is 0 Å². The first-order valence-electron chi connectivity index (χ1n) is 5.11. The molecule has 0 aliphatic carbocycles. The standard InChI is InChI=1S/C10H14N4OS/c1-4-15-7(2)14-6-13-8-9(14)11-5-12-10(8)16-3/h5-7H,4H2,1-3H3. The predicted molar refractivity (Wildman–Crippen MR) is 63.4 cm³/mol. The second-order valence-corrected chi connectivity index (χ2v) is 4.06. The van der Waals surface area contributed by atoms with Gasteiger partial charge in [0.05, 0.1) is 6.33 Å². The van der Waals surface area contributed by atoms with Gasteiger partial charge in [0.25, 0.3) is 0 Å². The smallest absolute Gasteiger partial charge is 0.166 e. The van der Waals surface area contributed by atoms with Gasteiger partial charge in [0.1, 0.15) is 23.1 Å². The molecule has 16 heavy (non-hydrogen) atoms. The Bertz CT molecular complexity index is 485. The van der Waals surface area contributed by atoms with E-state index in [1.54, 1.807) is 24.4 Å². The predicted octanol–water partition coefficient (Wildman–Crippen LogP) is 2.10. The first-order chi connectivity index (χ1) is 7.77. The molecular formula is C10H14N4OS. The lowest BCUT2D eigenvalue weighted by Crippen LogP contribution is -2.08. The second kappa shape index (κ2) is 4.80. The van der Waals surface area contributed by atoms with Gasteiger partial charge in [-0.25, -0.2) is 15.0 Å². The molecule has 2 rings (SSSR count). The summed E-state index contributed by atoms with van der Waals surface area (Å²) in [5.41, 5.74) is 1.65. The van der Waals surface area contributed by atoms with Crippen molar-refractivity contribution in [2.45, 2.75) is 25.1 Å². The van der Waals surface area contributed by atoms with Crippen molar-refractivity contribution in [3.63, 3.8) is 0 Å². The monoisotopic (exact) mass is 238 g/mol. The minimum absolute atomic E-state index is 0.0559. The highest BCUT2D eigenvalue weighted by molar-refractivity contribution is 7.98. The van der Waals surface area contributed by atoms with Gasteiger partial charge in [0.15, 0.2) is 5.65 Å². The summed E-state index contributed by atoms with van der Waals surface area (Å²) in [5.74, 6) is 0. The maximum atomic E-state index is 5.52. The minimum atomic E-state index is -0.0559. The van der Waals surface area contributed by atoms with Crippen molar-refractivity contribution in [3.05, 3.63) is 12.7 Å². The SMILES string of the molecule is CCOC(C)n1cnc2c(SC)ncnc21. The number of imidazole rings is 1. The van der Waals surface area contributed by atoms with Gasteiger partial charge in [-0.15, -0.1) is 11.8 Å². The highest BCUT2D eigenvalue weighted by Gasteiger charge is 2.13. The molecule has 0 spiro atoms. The van der Waals surface area contributed by atoms with E-state index in [-0.39, 0.29) is 6.23 Å². The molecule has 0 amide bonds. The first-order valence-corrected chi connectivity index (χ1v) is 6.33. The molecule has 0 radical (unpaired) electrons. The zero-order chi connectivity index (χ0) is 11.5. The van der Waals surface area contributed by atoms with Crippen LogP contribution in [0.1, 0.15) is 20.1 Å². The van der Waals surface area contributed by atoms with E-state index in [0.29, 0.717) is 6.61 Å². The van der Waals surface area contributed by atoms with Crippen LogP contribution >= 0.6 is 11.8 Å². The van der Waals surface area contributed by atoms with Crippen LogP contribution in [0.3, 0.4) is 0 Å². The van der Waals surface area contributed by atoms with Crippen LogP contribution in [0.15, 0.2) is 17.7 Å². The Labute approximate surface area is 98.3 Å². The van der Waals surface area contributed by atoms with Gasteiger partial charge >= 0.3 is 0 Å². The molecule has 0 aliphatic heterocycles. The van der Waals surface area contributed by atoms with Crippen molar-refractivity contribution in [3.8, 4) is 0 Å². The van der Waals surface area contributed by atoms with E-state index in [4.69, 9.17) is 4.74 Å². The topological polar surface area (TPSA) is 52.8 Å². The van der Waals surface area contributed by atoms with Crippen LogP contribution < -0.4 is 0 Å². The molecule has 0 saturated heterocycles. The molecular weight excluding hydrogens is 224 g/mol. The number of hydrogen-bond acceptors (Lipinski definition) is 5. The Hall–Kier alpha value is -1.14. The van der Waals surface area contributed by atoms with Crippen molar-refractivity contribution < 1.29 is 4.74 Å². The largest absolute Gasteiger partial charge is 0.359 e. The Balaban J connectivity index is 2.48. The summed E-state index contributed by atoms with van der Waals surface area (Å²) in [6.45, 7) is 4.62. The van der Waals surface area contributed by atoms with Crippen LogP contribution in [0, 0.1) is 0 Å². The molecule has 0 fully saturated rings. The zero-order valence-electron chi connectivity index (χ0n) is 9.54. The van der Waals surface area contributed by atoms with E-state index < -0.39 is 0 Å². The van der Waals surface area contributed by atoms with Crippen LogP contribution in [0.2, 0.25) is 0 Å². The maximum absolute atomic E-state index is 5.52. The van der Waals surface area contributed by atoms with Crippen molar-refractivity contribution in [2.75, 3.05) is 12.9 Å². The third-order valence-electron chi connectivity index (χ3n) is 2.32. The normalized spacial score (nSPS) is 13.2. The Morgan fingerprint density at radius 3 is 2.94 bits per heavy atom. The van der Waals surface area contributed by atoms with Crippen molar-refractivity contribution in [1.29, 1.82) is 0 Å². The van der Waals surface area contributed by atoms with Crippen LogP contribution in [0.5, 0.6) is 0 Å². The fourth-order valence-electron chi connectivity index (χ4n) is 1.57. The third kappa shape index (κ3) is 1.90. The number of ether oxygens (including phenoxy) is 1. The lowest BCUT2D eigenvalue weighted by molar-refractivity contribution is 0.0272. The highest BCUT2D eigenvalue weighted by Crippen LogP contribution is 2.23. The molecule has 0 aliphatic rings. The average molecular weight is 238 g/mol. The van der Waals surface area contributed by atoms with Gasteiger partial charge in [-0.2, -0.15) is 0 Å². The van der Waals surface area contributed by atoms with E-state index in [2.05, 4.69) is 15.0 Å². The third-order valence-corrected chi connectivity index (χ3v) is 3.00. The van der Waals surface area contributed by atoms with Crippen LogP contribution in [-0.2, 0) is 4.74 Å². The maximum Gasteiger partial charge on any atom is 0.166 e. The number of nitrogens with zero attached hydrogens (tertiary/aromatic N) is 4. The van der Waals surface area contributed by atoms with Gasteiger partial charge in [0, 0.05) is 6.61 Å². The number of hydrogen-bond donors (Lipinski definition) is 0. The van der Waals surface area contributed by atoms with Crippen LogP contribution in [0.4, 0.5) is 0 Å². The summed E-state index contributed by atoms with van der Waals surface area (Å²) in [5, 5.41) is 0.896. The average Bonchev–Trinajstić information content (AvgIpc) is 2.72. The Morgan fingerprint density at radius 2 is 2.25 bits per heavy atom. The molecule has 6 heteroatoms. The first kappa shape index (κ1) is 11.3. The van der Waals surface area contributed by atoms with Crippen LogP contribution in [-0.4, -0.2) is 32.4 Å². The van der Waals surface area contributed by atoms with Gasteiger partial charge in [0.2, 0.25) is 0 Å². The Kier molecular flexibility index (Phi) is 3.40. The van der Waals surface area contributed by atoms with Gasteiger partial charge in [-0.1, -0.05) is 0 Å². The summed E-state index contributed by atoms with van der Waals surface area (Å²) >= 11 is 1.57. The molecule has 86 valence electrons. The van der Waals surface area contributed by atoms with Crippen molar-refractivity contribution in [1.82, 2.24) is 19.5 Å². The lowest BCUT2D eigenvalue weighted by Gasteiger charge is -2.13. The molecule has 2 aromatic rings. The molecule has 5 nitrogen and oxygen atoms in total. The summed E-state index contributed by atoms with van der Waals surface area (Å²) < 4.78 is 7.44. The molecule has 1 atom stereocenters. The lowest BCUT2D eigenvalue weighted by atomic mass is 10.5. The highest BCUT2D eigenvalue weighted by atomic mass is 32.2. The fraction of sp³-hybridized carbons (Fsp3) is 0.500. The molecule has 2 aromatic heterocycles. The summed E-state index contributed by atoms with van der Waals surface area (Å²) in [6.07, 6.45) is 5.23. The summed E-state index contributed by atoms with van der Waals surface area (Å²) in [7, 11) is 0. The molecule has 0 aromatic carbocycles. The number of aromatic nitrogens is 4. The van der Waals surface area contributed by atoms with E-state index in [1.165, 1.54) is 0 Å². The minimum Gasteiger partial charge on any atom is -0.359 e. The second-order valence-electron chi connectivity index (χ2n) is 3.26. The van der Waals surface area contributed by atoms with E-state index in [0.717, 1.165) is 16.2 Å². The molecule has 2 heterocycles. The number of fused-ring (bicyclic) bond motifs is 1. The molecule has 1 unspecified atom stereocenters. The zero-order valence-corrected chi connectivity index (χ0v) is 10.4. The molecule has 0 N–H and O–H groups in total. The van der Waals surface area contributed by atoms with E-state index in [1.807, 2.05) is 24.7 Å². The summed E-state index contributed by atoms with van der Waals surface area (Å²) in [4.78, 5) is 12.8. The molecule has 0 saturated carbocycles. The quantitative estimate of drug-likeness (QED) is 0.603. The number of thioether (sulfide) groups is 1. The van der Waals surface area contributed by atoms with Crippen molar-refractivity contribution >= 4 is 22.9 Å². The van der Waals surface area contributed by atoms with E-state index >= 15 is 0 Å². The number of rotatable bonds is 4. The fourth-order valence-corrected chi connectivity index (χ4v) is 2.06. The Morgan fingerprint density at radius 1 is 1.44 bits per heavy atom.